The number of hydrogen-bond acceptors (Lipinski definition) is 3. The van der Waals surface area contributed by atoms with Crippen molar-refractivity contribution >= 4 is 11.8 Å². The molecular formula is C13H25N3O2. The Bertz CT molecular complexity index is 297. The van der Waals surface area contributed by atoms with Gasteiger partial charge >= 0.3 is 0 Å². The molecule has 1 aliphatic rings. The third kappa shape index (κ3) is 4.29. The lowest BCUT2D eigenvalue weighted by Crippen LogP contribution is -2.50. The molecule has 1 atom stereocenters. The fraction of sp³-hybridized carbons (Fsp3) is 0.846. The van der Waals surface area contributed by atoms with Crippen LogP contribution in [0.2, 0.25) is 0 Å². The third-order valence-electron chi connectivity index (χ3n) is 3.57. The number of carbonyl (C=O) groups excluding carboxylic acids is 2. The zero-order valence-electron chi connectivity index (χ0n) is 11.6. The van der Waals surface area contributed by atoms with E-state index in [-0.39, 0.29) is 17.7 Å². The van der Waals surface area contributed by atoms with Crippen LogP contribution in [0, 0.1) is 11.8 Å². The zero-order chi connectivity index (χ0) is 13.7. The van der Waals surface area contributed by atoms with E-state index >= 15 is 0 Å². The molecule has 1 rings (SSSR count). The van der Waals surface area contributed by atoms with Crippen molar-refractivity contribution < 1.29 is 9.59 Å². The highest BCUT2D eigenvalue weighted by atomic mass is 16.2. The van der Waals surface area contributed by atoms with Gasteiger partial charge in [0.1, 0.15) is 0 Å². The summed E-state index contributed by atoms with van der Waals surface area (Å²) in [7, 11) is 0. The SMILES string of the molecule is CC(=O)NCC1CCN(C(=O)[C@@H](N)C(C)C)CC1. The number of piperidine rings is 1. The molecule has 0 aliphatic carbocycles. The van der Waals surface area contributed by atoms with Gasteiger partial charge < -0.3 is 16.0 Å². The Morgan fingerprint density at radius 3 is 2.33 bits per heavy atom. The summed E-state index contributed by atoms with van der Waals surface area (Å²) in [6, 6.07) is -0.392. The van der Waals surface area contributed by atoms with Crippen LogP contribution in [0.5, 0.6) is 0 Å². The molecule has 1 heterocycles. The van der Waals surface area contributed by atoms with Gasteiger partial charge in [0.15, 0.2) is 0 Å². The predicted octanol–water partition coefficient (Wildman–Crippen LogP) is 0.344. The van der Waals surface area contributed by atoms with Gasteiger partial charge in [-0.05, 0) is 24.7 Å². The number of amides is 2. The molecule has 5 heteroatoms. The first-order valence-electron chi connectivity index (χ1n) is 6.70. The average molecular weight is 255 g/mol. The Morgan fingerprint density at radius 1 is 1.33 bits per heavy atom. The Labute approximate surface area is 109 Å². The maximum atomic E-state index is 12.0. The molecule has 1 saturated heterocycles. The molecule has 0 saturated carbocycles. The summed E-state index contributed by atoms with van der Waals surface area (Å²) in [5.41, 5.74) is 5.88. The monoisotopic (exact) mass is 255 g/mol. The van der Waals surface area contributed by atoms with E-state index < -0.39 is 6.04 Å². The van der Waals surface area contributed by atoms with Crippen molar-refractivity contribution in [1.82, 2.24) is 10.2 Å². The number of rotatable bonds is 4. The van der Waals surface area contributed by atoms with E-state index in [1.807, 2.05) is 18.7 Å². The van der Waals surface area contributed by atoms with Gasteiger partial charge in [-0.15, -0.1) is 0 Å². The molecule has 0 radical (unpaired) electrons. The molecule has 0 aromatic rings. The molecule has 0 spiro atoms. The van der Waals surface area contributed by atoms with Crippen LogP contribution in [0.3, 0.4) is 0 Å². The molecular weight excluding hydrogens is 230 g/mol. The summed E-state index contributed by atoms with van der Waals surface area (Å²) in [5.74, 6) is 0.723. The molecule has 1 fully saturated rings. The van der Waals surface area contributed by atoms with Crippen molar-refractivity contribution in [2.45, 2.75) is 39.7 Å². The standard InChI is InChI=1S/C13H25N3O2/c1-9(2)12(14)13(18)16-6-4-11(5-7-16)8-15-10(3)17/h9,11-12H,4-8,14H2,1-3H3,(H,15,17)/t12-/m0/s1. The molecule has 104 valence electrons. The van der Waals surface area contributed by atoms with Crippen molar-refractivity contribution in [3.05, 3.63) is 0 Å². The topological polar surface area (TPSA) is 75.4 Å². The second kappa shape index (κ2) is 6.73. The van der Waals surface area contributed by atoms with Crippen LogP contribution in [-0.2, 0) is 9.59 Å². The Balaban J connectivity index is 2.35. The summed E-state index contributed by atoms with van der Waals surface area (Å²) in [6.45, 7) is 7.68. The number of likely N-dealkylation sites (tertiary alicyclic amines) is 1. The van der Waals surface area contributed by atoms with E-state index in [4.69, 9.17) is 5.73 Å². The van der Waals surface area contributed by atoms with Crippen molar-refractivity contribution in [1.29, 1.82) is 0 Å². The summed E-state index contributed by atoms with van der Waals surface area (Å²) >= 11 is 0. The Hall–Kier alpha value is -1.10. The zero-order valence-corrected chi connectivity index (χ0v) is 11.6. The lowest BCUT2D eigenvalue weighted by molar-refractivity contribution is -0.135. The van der Waals surface area contributed by atoms with Gasteiger partial charge in [0, 0.05) is 26.6 Å². The van der Waals surface area contributed by atoms with E-state index in [1.165, 1.54) is 6.92 Å². The van der Waals surface area contributed by atoms with Gasteiger partial charge in [-0.2, -0.15) is 0 Å². The minimum Gasteiger partial charge on any atom is -0.356 e. The van der Waals surface area contributed by atoms with Gasteiger partial charge in [0.2, 0.25) is 11.8 Å². The molecule has 2 amide bonds. The molecule has 0 aromatic heterocycles. The summed E-state index contributed by atoms with van der Waals surface area (Å²) in [4.78, 5) is 24.7. The molecule has 0 aromatic carbocycles. The summed E-state index contributed by atoms with van der Waals surface area (Å²) in [6.07, 6.45) is 1.88. The van der Waals surface area contributed by atoms with Gasteiger partial charge in [-0.1, -0.05) is 13.8 Å². The smallest absolute Gasteiger partial charge is 0.239 e. The second-order valence-electron chi connectivity index (χ2n) is 5.48. The normalized spacial score (nSPS) is 18.8. The fourth-order valence-electron chi connectivity index (χ4n) is 2.14. The highest BCUT2D eigenvalue weighted by Gasteiger charge is 2.27. The van der Waals surface area contributed by atoms with Crippen LogP contribution in [0.25, 0.3) is 0 Å². The minimum atomic E-state index is -0.392. The molecule has 0 bridgehead atoms. The quantitative estimate of drug-likeness (QED) is 0.761. The van der Waals surface area contributed by atoms with Crippen LogP contribution in [0.4, 0.5) is 0 Å². The number of carbonyl (C=O) groups is 2. The van der Waals surface area contributed by atoms with Crippen LogP contribution in [-0.4, -0.2) is 42.4 Å². The van der Waals surface area contributed by atoms with Crippen LogP contribution < -0.4 is 11.1 Å². The van der Waals surface area contributed by atoms with E-state index in [0.29, 0.717) is 12.5 Å². The van der Waals surface area contributed by atoms with Gasteiger partial charge in [-0.25, -0.2) is 0 Å². The fourth-order valence-corrected chi connectivity index (χ4v) is 2.14. The Kier molecular flexibility index (Phi) is 5.59. The van der Waals surface area contributed by atoms with Crippen LogP contribution >= 0.6 is 0 Å². The first-order valence-corrected chi connectivity index (χ1v) is 6.70. The lowest BCUT2D eigenvalue weighted by Gasteiger charge is -2.34. The van der Waals surface area contributed by atoms with Crippen molar-refractivity contribution in [3.63, 3.8) is 0 Å². The lowest BCUT2D eigenvalue weighted by atomic mass is 9.95. The summed E-state index contributed by atoms with van der Waals surface area (Å²) in [5, 5.41) is 2.83. The maximum absolute atomic E-state index is 12.0. The summed E-state index contributed by atoms with van der Waals surface area (Å²) < 4.78 is 0. The van der Waals surface area contributed by atoms with Gasteiger partial charge in [-0.3, -0.25) is 9.59 Å². The minimum absolute atomic E-state index is 0.00957. The van der Waals surface area contributed by atoms with E-state index in [2.05, 4.69) is 5.32 Å². The largest absolute Gasteiger partial charge is 0.356 e. The first kappa shape index (κ1) is 15.0. The van der Waals surface area contributed by atoms with Crippen molar-refractivity contribution in [3.8, 4) is 0 Å². The predicted molar refractivity (Wildman–Crippen MR) is 70.8 cm³/mol. The van der Waals surface area contributed by atoms with Crippen LogP contribution in [0.1, 0.15) is 33.6 Å². The third-order valence-corrected chi connectivity index (χ3v) is 3.57. The van der Waals surface area contributed by atoms with E-state index in [0.717, 1.165) is 25.9 Å². The molecule has 3 N–H and O–H groups in total. The second-order valence-corrected chi connectivity index (χ2v) is 5.48. The average Bonchev–Trinajstić information content (AvgIpc) is 2.35. The highest BCUT2D eigenvalue weighted by molar-refractivity contribution is 5.82. The van der Waals surface area contributed by atoms with E-state index in [9.17, 15) is 9.59 Å². The van der Waals surface area contributed by atoms with Gasteiger partial charge in [0.05, 0.1) is 6.04 Å². The van der Waals surface area contributed by atoms with Crippen molar-refractivity contribution in [2.75, 3.05) is 19.6 Å². The number of nitrogens with zero attached hydrogens (tertiary/aromatic N) is 1. The first-order chi connectivity index (χ1) is 8.41. The molecule has 5 nitrogen and oxygen atoms in total. The number of hydrogen-bond donors (Lipinski definition) is 2. The highest BCUT2D eigenvalue weighted by Crippen LogP contribution is 2.17. The maximum Gasteiger partial charge on any atom is 0.239 e. The molecule has 0 unspecified atom stereocenters. The van der Waals surface area contributed by atoms with Gasteiger partial charge in [0.25, 0.3) is 0 Å². The number of nitrogens with one attached hydrogen (secondary N) is 1. The van der Waals surface area contributed by atoms with Crippen LogP contribution in [0.15, 0.2) is 0 Å². The van der Waals surface area contributed by atoms with Crippen molar-refractivity contribution in [2.24, 2.45) is 17.6 Å². The van der Waals surface area contributed by atoms with E-state index in [1.54, 1.807) is 0 Å². The molecule has 1 aliphatic heterocycles. The molecule has 18 heavy (non-hydrogen) atoms. The Morgan fingerprint density at radius 2 is 1.89 bits per heavy atom. The number of nitrogens with two attached hydrogens (primary N) is 1.